The summed E-state index contributed by atoms with van der Waals surface area (Å²) in [6, 6.07) is 45.0. The predicted molar refractivity (Wildman–Crippen MR) is 254 cm³/mol. The highest BCUT2D eigenvalue weighted by atomic mass is 16.5. The van der Waals surface area contributed by atoms with E-state index in [0.717, 1.165) is 53.3 Å². The van der Waals surface area contributed by atoms with Crippen molar-refractivity contribution in [3.05, 3.63) is 179 Å². The normalized spacial score (nSPS) is 11.2. The number of ether oxygens (including phenoxy) is 4. The molecule has 63 heavy (non-hydrogen) atoms. The molecule has 0 aromatic heterocycles. The van der Waals surface area contributed by atoms with Gasteiger partial charge in [-0.1, -0.05) is 89.5 Å². The third-order valence-corrected chi connectivity index (χ3v) is 10.4. The number of carbonyl (C=O) groups excluding carboxylic acids is 2. The Balaban J connectivity index is 0.897. The predicted octanol–water partition coefficient (Wildman–Crippen LogP) is 13.9. The second-order valence-corrected chi connectivity index (χ2v) is 15.5. The molecule has 8 heteroatoms. The Hall–Kier alpha value is -6.80. The van der Waals surface area contributed by atoms with Gasteiger partial charge >= 0.3 is 11.9 Å². The molecule has 0 unspecified atom stereocenters. The van der Waals surface area contributed by atoms with E-state index in [2.05, 4.69) is 48.1 Å². The Morgan fingerprint density at radius 1 is 0.413 bits per heavy atom. The number of hydrogen-bond acceptors (Lipinski definition) is 8. The van der Waals surface area contributed by atoms with Crippen LogP contribution in [0.1, 0.15) is 121 Å². The molecule has 6 rings (SSSR count). The van der Waals surface area contributed by atoms with Gasteiger partial charge in [-0.3, -0.25) is 9.98 Å². The van der Waals surface area contributed by atoms with Crippen LogP contribution in [0.25, 0.3) is 0 Å². The fourth-order valence-corrected chi connectivity index (χ4v) is 6.68. The third-order valence-electron chi connectivity index (χ3n) is 10.4. The quantitative estimate of drug-likeness (QED) is 0.0261. The molecule has 6 aromatic rings. The lowest BCUT2D eigenvalue weighted by molar-refractivity contribution is 0.0725. The van der Waals surface area contributed by atoms with E-state index in [1.807, 2.05) is 72.8 Å². The van der Waals surface area contributed by atoms with Crippen molar-refractivity contribution < 1.29 is 28.5 Å². The highest BCUT2D eigenvalue weighted by Crippen LogP contribution is 2.22. The number of carbonyl (C=O) groups is 2. The molecule has 0 heterocycles. The topological polar surface area (TPSA) is 95.8 Å². The minimum absolute atomic E-state index is 0.416. The zero-order valence-electron chi connectivity index (χ0n) is 36.5. The average Bonchev–Trinajstić information content (AvgIpc) is 3.32. The van der Waals surface area contributed by atoms with Gasteiger partial charge in [-0.05, 0) is 163 Å². The van der Waals surface area contributed by atoms with E-state index < -0.39 is 11.9 Å². The van der Waals surface area contributed by atoms with Crippen molar-refractivity contribution in [1.82, 2.24) is 0 Å². The van der Waals surface area contributed by atoms with Gasteiger partial charge < -0.3 is 18.9 Å². The van der Waals surface area contributed by atoms with Crippen molar-refractivity contribution >= 4 is 35.7 Å². The molecule has 0 atom stereocenters. The summed E-state index contributed by atoms with van der Waals surface area (Å²) >= 11 is 0. The van der Waals surface area contributed by atoms with E-state index >= 15 is 0 Å². The van der Waals surface area contributed by atoms with Gasteiger partial charge in [-0.15, -0.1) is 0 Å². The number of unbranched alkanes of at least 4 members (excludes halogenated alkanes) is 8. The van der Waals surface area contributed by atoms with E-state index in [4.69, 9.17) is 18.9 Å². The van der Waals surface area contributed by atoms with Gasteiger partial charge in [0.2, 0.25) is 0 Å². The number of rotatable bonds is 24. The molecule has 0 aliphatic carbocycles. The fourth-order valence-electron chi connectivity index (χ4n) is 6.68. The van der Waals surface area contributed by atoms with E-state index in [1.165, 1.54) is 62.5 Å². The first-order chi connectivity index (χ1) is 30.9. The molecule has 0 saturated carbocycles. The number of nitrogens with zero attached hydrogens (tertiary/aromatic N) is 2. The summed E-state index contributed by atoms with van der Waals surface area (Å²) in [4.78, 5) is 34.7. The summed E-state index contributed by atoms with van der Waals surface area (Å²) in [5.74, 6) is 1.61. The maximum atomic E-state index is 12.7. The smallest absolute Gasteiger partial charge is 0.343 e. The van der Waals surface area contributed by atoms with Gasteiger partial charge in [0.15, 0.2) is 0 Å². The summed E-state index contributed by atoms with van der Waals surface area (Å²) in [6.07, 6.45) is 16.2. The van der Waals surface area contributed by atoms with Crippen LogP contribution in [0, 0.1) is 0 Å². The van der Waals surface area contributed by atoms with Gasteiger partial charge in [0.25, 0.3) is 0 Å². The molecule has 0 aliphatic heterocycles. The lowest BCUT2D eigenvalue weighted by atomic mass is 10.0. The second kappa shape index (κ2) is 25.2. The average molecular weight is 843 g/mol. The molecular weight excluding hydrogens is 785 g/mol. The van der Waals surface area contributed by atoms with Crippen LogP contribution in [0.3, 0.4) is 0 Å². The molecule has 8 nitrogen and oxygen atoms in total. The van der Waals surface area contributed by atoms with E-state index in [9.17, 15) is 9.59 Å². The second-order valence-electron chi connectivity index (χ2n) is 15.5. The molecule has 0 bridgehead atoms. The number of benzene rings is 6. The van der Waals surface area contributed by atoms with Crippen molar-refractivity contribution in [1.29, 1.82) is 0 Å². The fraction of sp³-hybridized carbons (Fsp3) is 0.273. The highest BCUT2D eigenvalue weighted by molar-refractivity contribution is 5.92. The number of hydrogen-bond donors (Lipinski definition) is 0. The standard InChI is InChI=1S/C55H58N2O6/c1-3-5-7-9-11-37-60-50-33-21-46(22-34-50)54(58)62-52-29-17-44(18-30-52)40-56-48-25-13-42(14-26-48)39-43-15-27-49(28-16-43)57-41-45-19-31-53(32-20-45)63-55(59)47-23-35-51(36-24-47)61-38-12-10-8-6-4-2/h13-36,40-41H,3-12,37-39H2,1-2H3. The summed E-state index contributed by atoms with van der Waals surface area (Å²) in [5.41, 5.74) is 6.75. The maximum absolute atomic E-state index is 12.7. The van der Waals surface area contributed by atoms with E-state index in [1.54, 1.807) is 61.0 Å². The SMILES string of the molecule is CCCCCCCOc1ccc(C(=O)Oc2ccc(C=Nc3ccc(Cc4ccc(N=Cc5ccc(OC(=O)c6ccc(OCCCCCCC)cc6)cc5)cc4)cc3)cc2)cc1. The van der Waals surface area contributed by atoms with E-state index in [0.29, 0.717) is 35.8 Å². The molecule has 0 aliphatic rings. The number of aliphatic imine (C=N–C) groups is 2. The maximum Gasteiger partial charge on any atom is 0.343 e. The third kappa shape index (κ3) is 15.9. The Labute approximate surface area is 372 Å². The first-order valence-electron chi connectivity index (χ1n) is 22.3. The van der Waals surface area contributed by atoms with Crippen LogP contribution in [0.2, 0.25) is 0 Å². The van der Waals surface area contributed by atoms with Gasteiger partial charge in [-0.25, -0.2) is 9.59 Å². The van der Waals surface area contributed by atoms with Gasteiger partial charge in [0.05, 0.1) is 35.7 Å². The van der Waals surface area contributed by atoms with Gasteiger partial charge in [0.1, 0.15) is 23.0 Å². The molecule has 0 saturated heterocycles. The molecular formula is C55H58N2O6. The first-order valence-corrected chi connectivity index (χ1v) is 22.3. The Bertz CT molecular complexity index is 2170. The summed E-state index contributed by atoms with van der Waals surface area (Å²) in [5, 5.41) is 0. The van der Waals surface area contributed by atoms with Gasteiger partial charge in [-0.2, -0.15) is 0 Å². The first kappa shape index (κ1) is 45.7. The lowest BCUT2D eigenvalue weighted by Crippen LogP contribution is -2.08. The van der Waals surface area contributed by atoms with Crippen molar-refractivity contribution in [3.63, 3.8) is 0 Å². The van der Waals surface area contributed by atoms with Gasteiger partial charge in [0, 0.05) is 12.4 Å². The zero-order chi connectivity index (χ0) is 43.9. The molecule has 0 fully saturated rings. The number of esters is 2. The largest absolute Gasteiger partial charge is 0.494 e. The Morgan fingerprint density at radius 3 is 1.13 bits per heavy atom. The summed E-state index contributed by atoms with van der Waals surface area (Å²) in [6.45, 7) is 5.77. The van der Waals surface area contributed by atoms with Crippen LogP contribution < -0.4 is 18.9 Å². The van der Waals surface area contributed by atoms with Crippen LogP contribution in [0.4, 0.5) is 11.4 Å². The molecule has 0 radical (unpaired) electrons. The summed E-state index contributed by atoms with van der Waals surface area (Å²) < 4.78 is 22.8. The van der Waals surface area contributed by atoms with Crippen LogP contribution in [-0.2, 0) is 6.42 Å². The lowest BCUT2D eigenvalue weighted by Gasteiger charge is -2.08. The molecule has 0 spiro atoms. The van der Waals surface area contributed by atoms with Crippen molar-refractivity contribution in [2.45, 2.75) is 84.5 Å². The van der Waals surface area contributed by atoms with Crippen molar-refractivity contribution in [3.8, 4) is 23.0 Å². The van der Waals surface area contributed by atoms with Crippen molar-refractivity contribution in [2.75, 3.05) is 13.2 Å². The van der Waals surface area contributed by atoms with Crippen molar-refractivity contribution in [2.24, 2.45) is 9.98 Å². The van der Waals surface area contributed by atoms with Crippen LogP contribution in [-0.4, -0.2) is 37.6 Å². The Kier molecular flexibility index (Phi) is 18.3. The van der Waals surface area contributed by atoms with Crippen LogP contribution >= 0.6 is 0 Å². The van der Waals surface area contributed by atoms with E-state index in [-0.39, 0.29) is 0 Å². The Morgan fingerprint density at radius 2 is 0.762 bits per heavy atom. The van der Waals surface area contributed by atoms with Crippen LogP contribution in [0.5, 0.6) is 23.0 Å². The molecule has 0 amide bonds. The zero-order valence-corrected chi connectivity index (χ0v) is 36.5. The monoisotopic (exact) mass is 842 g/mol. The highest BCUT2D eigenvalue weighted by Gasteiger charge is 2.11. The molecule has 0 N–H and O–H groups in total. The minimum atomic E-state index is -0.416. The minimum Gasteiger partial charge on any atom is -0.494 e. The molecule has 6 aromatic carbocycles. The summed E-state index contributed by atoms with van der Waals surface area (Å²) in [7, 11) is 0. The molecule has 324 valence electrons. The van der Waals surface area contributed by atoms with Crippen LogP contribution in [0.15, 0.2) is 156 Å².